The fraction of sp³-hybridized carbons (Fsp3) is 0.0741. The van der Waals surface area contributed by atoms with E-state index in [2.05, 4.69) is 218 Å². The maximum Gasteiger partial charge on any atom is 0.143 e. The van der Waals surface area contributed by atoms with Gasteiger partial charge in [-0.15, -0.1) is 0 Å². The average molecular weight is 737 g/mol. The highest BCUT2D eigenvalue weighted by atomic mass is 16.3. The standard InChI is InChI=1S/C54H44N2O/c1-5-8-18-37(4)38-27-31-42(32-28-38)55(43-33-29-40(30-34-43)39-19-10-9-11-20-39)51-36-52-48(44-21-12-14-25-50(44)56(52)41(7-3)17-6-2)35-49(51)47-24-16-23-46-45-22-13-15-26-53(45)57-54(46)47/h5-36H,1-4H3/b8-5-,17-6-,37-18+,41-7+. The van der Waals surface area contributed by atoms with Crippen LogP contribution in [0, 0.1) is 0 Å². The Balaban J connectivity index is 1.38. The van der Waals surface area contributed by atoms with Crippen molar-refractivity contribution in [2.24, 2.45) is 0 Å². The van der Waals surface area contributed by atoms with Gasteiger partial charge in [-0.3, -0.25) is 0 Å². The molecule has 9 rings (SSSR count). The van der Waals surface area contributed by atoms with Gasteiger partial charge in [0.2, 0.25) is 0 Å². The first-order valence-electron chi connectivity index (χ1n) is 19.7. The number of rotatable bonds is 9. The van der Waals surface area contributed by atoms with Crippen molar-refractivity contribution in [1.29, 1.82) is 0 Å². The summed E-state index contributed by atoms with van der Waals surface area (Å²) in [5, 5.41) is 4.60. The Kier molecular flexibility index (Phi) is 9.49. The second kappa shape index (κ2) is 15.2. The third-order valence-electron chi connectivity index (χ3n) is 11.0. The van der Waals surface area contributed by atoms with Gasteiger partial charge in [-0.1, -0.05) is 140 Å². The van der Waals surface area contributed by atoms with Crippen molar-refractivity contribution >= 4 is 72.1 Å². The summed E-state index contributed by atoms with van der Waals surface area (Å²) >= 11 is 0. The predicted molar refractivity (Wildman–Crippen MR) is 246 cm³/mol. The number of aromatic nitrogens is 1. The maximum atomic E-state index is 6.76. The molecule has 0 radical (unpaired) electrons. The number of para-hydroxylation sites is 3. The van der Waals surface area contributed by atoms with Crippen LogP contribution in [-0.4, -0.2) is 4.57 Å². The van der Waals surface area contributed by atoms with Crippen LogP contribution in [0.2, 0.25) is 0 Å². The molecule has 2 aromatic heterocycles. The van der Waals surface area contributed by atoms with Crippen molar-refractivity contribution in [3.63, 3.8) is 0 Å². The fourth-order valence-electron chi connectivity index (χ4n) is 8.18. The number of allylic oxidation sites excluding steroid dienone is 8. The van der Waals surface area contributed by atoms with Crippen molar-refractivity contribution in [2.45, 2.75) is 27.7 Å². The average Bonchev–Trinajstić information content (AvgIpc) is 3.81. The van der Waals surface area contributed by atoms with Gasteiger partial charge in [0.05, 0.1) is 16.7 Å². The van der Waals surface area contributed by atoms with Crippen molar-refractivity contribution in [1.82, 2.24) is 4.57 Å². The van der Waals surface area contributed by atoms with E-state index in [0.29, 0.717) is 0 Å². The number of hydrogen-bond acceptors (Lipinski definition) is 2. The van der Waals surface area contributed by atoms with Crippen molar-refractivity contribution in [3.8, 4) is 22.3 Å². The summed E-state index contributed by atoms with van der Waals surface area (Å²) in [7, 11) is 0. The van der Waals surface area contributed by atoms with Crippen molar-refractivity contribution in [3.05, 3.63) is 200 Å². The third kappa shape index (κ3) is 6.37. The van der Waals surface area contributed by atoms with Gasteiger partial charge >= 0.3 is 0 Å². The molecule has 9 aromatic rings. The zero-order chi connectivity index (χ0) is 38.9. The van der Waals surface area contributed by atoms with E-state index in [1.807, 2.05) is 13.0 Å². The van der Waals surface area contributed by atoms with Crippen LogP contribution in [0.4, 0.5) is 17.1 Å². The van der Waals surface area contributed by atoms with Crippen LogP contribution in [-0.2, 0) is 0 Å². The Morgan fingerprint density at radius 2 is 1.23 bits per heavy atom. The molecule has 0 bridgehead atoms. The molecule has 0 atom stereocenters. The Bertz CT molecular complexity index is 3020. The summed E-state index contributed by atoms with van der Waals surface area (Å²) in [5.41, 5.74) is 15.2. The molecule has 0 aliphatic heterocycles. The largest absolute Gasteiger partial charge is 0.455 e. The lowest BCUT2D eigenvalue weighted by Crippen LogP contribution is -2.12. The topological polar surface area (TPSA) is 21.3 Å². The molecule has 3 nitrogen and oxygen atoms in total. The third-order valence-corrected chi connectivity index (χ3v) is 11.0. The van der Waals surface area contributed by atoms with E-state index in [1.54, 1.807) is 0 Å². The number of nitrogens with zero attached hydrogens (tertiary/aromatic N) is 2. The lowest BCUT2D eigenvalue weighted by atomic mass is 9.96. The lowest BCUT2D eigenvalue weighted by molar-refractivity contribution is 0.670. The number of benzene rings is 7. The van der Waals surface area contributed by atoms with Gasteiger partial charge in [0.1, 0.15) is 11.2 Å². The second-order valence-electron chi connectivity index (χ2n) is 14.4. The molecule has 0 amide bonds. The summed E-state index contributed by atoms with van der Waals surface area (Å²) in [6, 6.07) is 56.9. The summed E-state index contributed by atoms with van der Waals surface area (Å²) in [5.74, 6) is 0. The van der Waals surface area contributed by atoms with Gasteiger partial charge in [0.15, 0.2) is 0 Å². The SMILES string of the molecule is C/C=C\C=C(/C)c1ccc(N(c2ccc(-c3ccccc3)cc2)c2cc3c(cc2-c2cccc4c2oc2ccccc24)c2ccccc2n3C(/C=C\C)=C/C)cc1. The summed E-state index contributed by atoms with van der Waals surface area (Å²) in [4.78, 5) is 2.41. The maximum absolute atomic E-state index is 6.76. The van der Waals surface area contributed by atoms with Gasteiger partial charge in [0.25, 0.3) is 0 Å². The van der Waals surface area contributed by atoms with Crippen molar-refractivity contribution < 1.29 is 4.42 Å². The van der Waals surface area contributed by atoms with Crippen LogP contribution in [0.1, 0.15) is 33.3 Å². The first-order valence-corrected chi connectivity index (χ1v) is 19.7. The lowest BCUT2D eigenvalue weighted by Gasteiger charge is -2.29. The zero-order valence-electron chi connectivity index (χ0n) is 32.8. The Labute approximate surface area is 334 Å². The van der Waals surface area contributed by atoms with Crippen LogP contribution >= 0.6 is 0 Å². The Morgan fingerprint density at radius 3 is 1.96 bits per heavy atom. The first-order chi connectivity index (χ1) is 28.1. The predicted octanol–water partition coefficient (Wildman–Crippen LogP) is 15.9. The van der Waals surface area contributed by atoms with E-state index < -0.39 is 0 Å². The van der Waals surface area contributed by atoms with E-state index in [4.69, 9.17) is 4.42 Å². The number of furan rings is 1. The quantitative estimate of drug-likeness (QED) is 0.138. The molecule has 7 aromatic carbocycles. The molecule has 0 unspecified atom stereocenters. The van der Waals surface area contributed by atoms with Crippen LogP contribution in [0.3, 0.4) is 0 Å². The van der Waals surface area contributed by atoms with Gasteiger partial charge in [-0.2, -0.15) is 0 Å². The van der Waals surface area contributed by atoms with Crippen molar-refractivity contribution in [2.75, 3.05) is 4.90 Å². The van der Waals surface area contributed by atoms with Crippen LogP contribution in [0.15, 0.2) is 199 Å². The van der Waals surface area contributed by atoms with E-state index in [9.17, 15) is 0 Å². The molecule has 0 aliphatic carbocycles. The normalized spacial score (nSPS) is 12.6. The Hall–Kier alpha value is -7.10. The van der Waals surface area contributed by atoms with E-state index in [-0.39, 0.29) is 0 Å². The summed E-state index contributed by atoms with van der Waals surface area (Å²) in [6.45, 7) is 8.40. The highest BCUT2D eigenvalue weighted by Gasteiger charge is 2.24. The molecule has 0 fully saturated rings. The molecule has 0 N–H and O–H groups in total. The molecule has 0 spiro atoms. The fourth-order valence-corrected chi connectivity index (χ4v) is 8.18. The van der Waals surface area contributed by atoms with Gasteiger partial charge in [-0.25, -0.2) is 0 Å². The summed E-state index contributed by atoms with van der Waals surface area (Å²) in [6.07, 6.45) is 12.8. The van der Waals surface area contributed by atoms with Crippen LogP contribution in [0.5, 0.6) is 0 Å². The summed E-state index contributed by atoms with van der Waals surface area (Å²) < 4.78 is 9.16. The van der Waals surface area contributed by atoms with E-state index in [0.717, 1.165) is 66.9 Å². The molecule has 57 heavy (non-hydrogen) atoms. The molecule has 3 heteroatoms. The van der Waals surface area contributed by atoms with E-state index in [1.165, 1.54) is 33.0 Å². The minimum Gasteiger partial charge on any atom is -0.455 e. The number of anilines is 3. The molecule has 0 saturated heterocycles. The molecule has 276 valence electrons. The molecular weight excluding hydrogens is 693 g/mol. The minimum absolute atomic E-state index is 0.880. The second-order valence-corrected chi connectivity index (χ2v) is 14.4. The van der Waals surface area contributed by atoms with E-state index >= 15 is 0 Å². The van der Waals surface area contributed by atoms with Gasteiger partial charge in [-0.05, 0) is 105 Å². The number of fused-ring (bicyclic) bond motifs is 6. The molecular formula is C54H44N2O. The van der Waals surface area contributed by atoms with Gasteiger partial charge in [0, 0.05) is 49.7 Å². The smallest absolute Gasteiger partial charge is 0.143 e. The minimum atomic E-state index is 0.880. The van der Waals surface area contributed by atoms with Gasteiger partial charge < -0.3 is 13.9 Å². The number of hydrogen-bond donors (Lipinski definition) is 0. The molecule has 0 aliphatic rings. The molecule has 0 saturated carbocycles. The van der Waals surface area contributed by atoms with Crippen LogP contribution in [0.25, 0.3) is 77.3 Å². The highest BCUT2D eigenvalue weighted by molar-refractivity contribution is 6.16. The van der Waals surface area contributed by atoms with Crippen LogP contribution < -0.4 is 4.90 Å². The Morgan fingerprint density at radius 1 is 0.561 bits per heavy atom. The monoisotopic (exact) mass is 736 g/mol. The molecule has 2 heterocycles. The zero-order valence-corrected chi connectivity index (χ0v) is 32.8. The highest BCUT2D eigenvalue weighted by Crippen LogP contribution is 2.48. The first kappa shape index (κ1) is 35.6.